The molecule has 3 heteroatoms. The Labute approximate surface area is 83.6 Å². The lowest BCUT2D eigenvalue weighted by atomic mass is 10.2. The van der Waals surface area contributed by atoms with Crippen LogP contribution in [0.1, 0.15) is 25.7 Å². The van der Waals surface area contributed by atoms with Gasteiger partial charge >= 0.3 is 0 Å². The van der Waals surface area contributed by atoms with E-state index in [9.17, 15) is 4.39 Å². The van der Waals surface area contributed by atoms with Gasteiger partial charge in [0.15, 0.2) is 11.6 Å². The highest BCUT2D eigenvalue weighted by atomic mass is 19.1. The fraction of sp³-hybridized carbons (Fsp3) is 0.545. The molecule has 0 spiro atoms. The van der Waals surface area contributed by atoms with Gasteiger partial charge in [-0.2, -0.15) is 0 Å². The summed E-state index contributed by atoms with van der Waals surface area (Å²) < 4.78 is 13.1. The lowest BCUT2D eigenvalue weighted by Gasteiger charge is -2.05. The van der Waals surface area contributed by atoms with Crippen molar-refractivity contribution in [2.24, 2.45) is 5.92 Å². The summed E-state index contributed by atoms with van der Waals surface area (Å²) in [6, 6.07) is 3.03. The van der Waals surface area contributed by atoms with Gasteiger partial charge in [0, 0.05) is 12.7 Å². The molecule has 0 bridgehead atoms. The van der Waals surface area contributed by atoms with E-state index in [1.165, 1.54) is 25.3 Å². The number of halogens is 1. The highest BCUT2D eigenvalue weighted by molar-refractivity contribution is 5.35. The first-order valence-corrected chi connectivity index (χ1v) is 5.20. The van der Waals surface area contributed by atoms with Crippen molar-refractivity contribution in [1.29, 1.82) is 0 Å². The number of nitrogens with one attached hydrogen (secondary N) is 1. The molecule has 1 heterocycles. The lowest BCUT2D eigenvalue weighted by Crippen LogP contribution is -2.05. The van der Waals surface area contributed by atoms with Crippen molar-refractivity contribution in [3.63, 3.8) is 0 Å². The third-order valence-corrected chi connectivity index (χ3v) is 2.54. The fourth-order valence-corrected chi connectivity index (χ4v) is 1.52. The number of nitrogens with zero attached hydrogens (tertiary/aromatic N) is 1. The Morgan fingerprint density at radius 2 is 2.36 bits per heavy atom. The molecular formula is C11H15FN2. The Morgan fingerprint density at radius 1 is 1.50 bits per heavy atom. The van der Waals surface area contributed by atoms with Crippen LogP contribution in [0.3, 0.4) is 0 Å². The van der Waals surface area contributed by atoms with E-state index in [1.807, 2.05) is 0 Å². The average Bonchev–Trinajstić information content (AvgIpc) is 2.99. The molecule has 2 rings (SSSR count). The van der Waals surface area contributed by atoms with Gasteiger partial charge in [-0.1, -0.05) is 12.8 Å². The molecule has 0 atom stereocenters. The fourth-order valence-electron chi connectivity index (χ4n) is 1.52. The van der Waals surface area contributed by atoms with Crippen LogP contribution >= 0.6 is 0 Å². The molecule has 1 aromatic rings. The first kappa shape index (κ1) is 9.44. The van der Waals surface area contributed by atoms with Crippen molar-refractivity contribution in [1.82, 2.24) is 4.98 Å². The van der Waals surface area contributed by atoms with E-state index in [1.54, 1.807) is 12.3 Å². The molecule has 0 amide bonds. The van der Waals surface area contributed by atoms with E-state index in [0.717, 1.165) is 18.9 Å². The smallest absolute Gasteiger partial charge is 0.165 e. The van der Waals surface area contributed by atoms with Crippen molar-refractivity contribution in [2.45, 2.75) is 25.7 Å². The molecule has 1 aromatic heterocycles. The van der Waals surface area contributed by atoms with E-state index in [0.29, 0.717) is 5.82 Å². The molecule has 1 fully saturated rings. The number of anilines is 1. The van der Waals surface area contributed by atoms with Crippen LogP contribution in [0.4, 0.5) is 10.2 Å². The highest BCUT2D eigenvalue weighted by Crippen LogP contribution is 2.33. The predicted molar refractivity (Wildman–Crippen MR) is 54.6 cm³/mol. The molecule has 1 saturated carbocycles. The molecule has 1 aliphatic rings. The van der Waals surface area contributed by atoms with Gasteiger partial charge in [-0.15, -0.1) is 0 Å². The second-order valence-electron chi connectivity index (χ2n) is 3.85. The van der Waals surface area contributed by atoms with Crippen LogP contribution in [0.25, 0.3) is 0 Å². The normalized spacial score (nSPS) is 15.5. The average molecular weight is 194 g/mol. The summed E-state index contributed by atoms with van der Waals surface area (Å²) in [6.07, 6.45) is 6.75. The summed E-state index contributed by atoms with van der Waals surface area (Å²) in [5.41, 5.74) is 0. The summed E-state index contributed by atoms with van der Waals surface area (Å²) in [4.78, 5) is 3.92. The monoisotopic (exact) mass is 194 g/mol. The second kappa shape index (κ2) is 4.40. The van der Waals surface area contributed by atoms with Crippen molar-refractivity contribution in [3.8, 4) is 0 Å². The molecule has 0 aromatic carbocycles. The zero-order chi connectivity index (χ0) is 9.80. The molecule has 0 radical (unpaired) electrons. The van der Waals surface area contributed by atoms with E-state index in [-0.39, 0.29) is 5.82 Å². The quantitative estimate of drug-likeness (QED) is 0.729. The maximum atomic E-state index is 13.1. The van der Waals surface area contributed by atoms with Crippen LogP contribution < -0.4 is 5.32 Å². The summed E-state index contributed by atoms with van der Waals surface area (Å²) in [5, 5.41) is 3.01. The van der Waals surface area contributed by atoms with Gasteiger partial charge in [0.2, 0.25) is 0 Å². The molecular weight excluding hydrogens is 179 g/mol. The zero-order valence-corrected chi connectivity index (χ0v) is 8.17. The van der Waals surface area contributed by atoms with E-state index < -0.39 is 0 Å². The Kier molecular flexibility index (Phi) is 2.96. The van der Waals surface area contributed by atoms with Crippen LogP contribution in [-0.4, -0.2) is 11.5 Å². The summed E-state index contributed by atoms with van der Waals surface area (Å²) >= 11 is 0. The maximum absolute atomic E-state index is 13.1. The first-order valence-electron chi connectivity index (χ1n) is 5.20. The topological polar surface area (TPSA) is 24.9 Å². The van der Waals surface area contributed by atoms with Crippen LogP contribution in [0, 0.1) is 11.7 Å². The third kappa shape index (κ3) is 2.69. The van der Waals surface area contributed by atoms with Crippen molar-refractivity contribution < 1.29 is 4.39 Å². The molecule has 0 aliphatic heterocycles. The summed E-state index contributed by atoms with van der Waals surface area (Å²) in [7, 11) is 0. The van der Waals surface area contributed by atoms with Crippen LogP contribution in [0.15, 0.2) is 18.3 Å². The maximum Gasteiger partial charge on any atom is 0.165 e. The SMILES string of the molecule is Fc1cccnc1NCCCC1CC1. The minimum absolute atomic E-state index is 0.265. The van der Waals surface area contributed by atoms with Gasteiger partial charge in [-0.3, -0.25) is 0 Å². The molecule has 2 nitrogen and oxygen atoms in total. The Bertz CT molecular complexity index is 297. The van der Waals surface area contributed by atoms with Crippen LogP contribution in [0.5, 0.6) is 0 Å². The standard InChI is InChI=1S/C11H15FN2/c12-10-4-2-8-14-11(10)13-7-1-3-9-5-6-9/h2,4,8-9H,1,3,5-7H2,(H,13,14). The number of aromatic nitrogens is 1. The lowest BCUT2D eigenvalue weighted by molar-refractivity contribution is 0.621. The minimum atomic E-state index is -0.265. The van der Waals surface area contributed by atoms with E-state index in [2.05, 4.69) is 10.3 Å². The zero-order valence-electron chi connectivity index (χ0n) is 8.17. The minimum Gasteiger partial charge on any atom is -0.368 e. The van der Waals surface area contributed by atoms with E-state index in [4.69, 9.17) is 0 Å². The third-order valence-electron chi connectivity index (χ3n) is 2.54. The van der Waals surface area contributed by atoms with Gasteiger partial charge < -0.3 is 5.32 Å². The van der Waals surface area contributed by atoms with Crippen LogP contribution in [-0.2, 0) is 0 Å². The van der Waals surface area contributed by atoms with E-state index >= 15 is 0 Å². The van der Waals surface area contributed by atoms with Crippen molar-refractivity contribution in [2.75, 3.05) is 11.9 Å². The molecule has 14 heavy (non-hydrogen) atoms. The van der Waals surface area contributed by atoms with Crippen LogP contribution in [0.2, 0.25) is 0 Å². The molecule has 0 unspecified atom stereocenters. The summed E-state index contributed by atoms with van der Waals surface area (Å²) in [6.45, 7) is 0.824. The van der Waals surface area contributed by atoms with Crippen molar-refractivity contribution >= 4 is 5.82 Å². The number of hydrogen-bond acceptors (Lipinski definition) is 2. The Morgan fingerprint density at radius 3 is 3.07 bits per heavy atom. The molecule has 1 N–H and O–H groups in total. The van der Waals surface area contributed by atoms with Gasteiger partial charge in [0.05, 0.1) is 0 Å². The predicted octanol–water partition coefficient (Wildman–Crippen LogP) is 2.82. The van der Waals surface area contributed by atoms with Gasteiger partial charge in [0.1, 0.15) is 0 Å². The largest absolute Gasteiger partial charge is 0.368 e. The summed E-state index contributed by atoms with van der Waals surface area (Å²) in [5.74, 6) is 1.06. The van der Waals surface area contributed by atoms with Gasteiger partial charge in [-0.25, -0.2) is 9.37 Å². The van der Waals surface area contributed by atoms with Crippen molar-refractivity contribution in [3.05, 3.63) is 24.1 Å². The molecule has 0 saturated heterocycles. The number of rotatable bonds is 5. The number of hydrogen-bond donors (Lipinski definition) is 1. The number of pyridine rings is 1. The first-order chi connectivity index (χ1) is 6.86. The Balaban J connectivity index is 1.71. The van der Waals surface area contributed by atoms with Gasteiger partial charge in [-0.05, 0) is 30.9 Å². The molecule has 1 aliphatic carbocycles. The van der Waals surface area contributed by atoms with Gasteiger partial charge in [0.25, 0.3) is 0 Å². The molecule has 76 valence electrons. The highest BCUT2D eigenvalue weighted by Gasteiger charge is 2.19. The Hall–Kier alpha value is -1.12. The second-order valence-corrected chi connectivity index (χ2v) is 3.85.